The molecule has 0 fully saturated rings. The molecule has 0 aliphatic rings. The number of aryl methyl sites for hydroxylation is 1. The van der Waals surface area contributed by atoms with Crippen molar-refractivity contribution in [2.24, 2.45) is 0 Å². The normalized spacial score (nSPS) is 10.2. The van der Waals surface area contributed by atoms with E-state index in [-0.39, 0.29) is 11.7 Å². The molecule has 1 aromatic carbocycles. The zero-order valence-electron chi connectivity index (χ0n) is 10.8. The quantitative estimate of drug-likeness (QED) is 0.880. The number of aromatic nitrogens is 1. The lowest BCUT2D eigenvalue weighted by atomic mass is 10.1. The molecule has 2 rings (SSSR count). The molecular formula is C15H16N2O2. The molecular weight excluding hydrogens is 240 g/mol. The van der Waals surface area contributed by atoms with Crippen molar-refractivity contribution in [3.8, 4) is 5.75 Å². The van der Waals surface area contributed by atoms with Crippen molar-refractivity contribution in [3.05, 3.63) is 59.4 Å². The number of nitrogens with one attached hydrogen (secondary N) is 1. The van der Waals surface area contributed by atoms with Gasteiger partial charge < -0.3 is 10.4 Å². The van der Waals surface area contributed by atoms with Gasteiger partial charge in [-0.1, -0.05) is 6.07 Å². The number of rotatable bonds is 4. The Balaban J connectivity index is 1.89. The van der Waals surface area contributed by atoms with Crippen LogP contribution in [-0.4, -0.2) is 22.5 Å². The fourth-order valence-corrected chi connectivity index (χ4v) is 1.75. The molecule has 0 spiro atoms. The monoisotopic (exact) mass is 256 g/mol. The van der Waals surface area contributed by atoms with E-state index in [1.807, 2.05) is 18.2 Å². The van der Waals surface area contributed by atoms with Crippen LogP contribution < -0.4 is 5.32 Å². The van der Waals surface area contributed by atoms with Gasteiger partial charge in [0.15, 0.2) is 0 Å². The summed E-state index contributed by atoms with van der Waals surface area (Å²) in [5.74, 6) is 0.0593. The van der Waals surface area contributed by atoms with Gasteiger partial charge >= 0.3 is 0 Å². The molecule has 0 radical (unpaired) electrons. The second kappa shape index (κ2) is 6.00. The molecule has 1 heterocycles. The van der Waals surface area contributed by atoms with E-state index in [2.05, 4.69) is 10.3 Å². The number of carbonyl (C=O) groups excluding carboxylic acids is 1. The van der Waals surface area contributed by atoms with Crippen molar-refractivity contribution in [1.29, 1.82) is 0 Å². The van der Waals surface area contributed by atoms with Gasteiger partial charge in [-0.15, -0.1) is 0 Å². The maximum absolute atomic E-state index is 11.9. The molecule has 0 aliphatic heterocycles. The number of nitrogens with zero attached hydrogens (tertiary/aromatic N) is 1. The molecule has 19 heavy (non-hydrogen) atoms. The van der Waals surface area contributed by atoms with Crippen LogP contribution in [0.25, 0.3) is 0 Å². The summed E-state index contributed by atoms with van der Waals surface area (Å²) in [6.07, 6.45) is 2.43. The Kier molecular flexibility index (Phi) is 4.13. The zero-order valence-corrected chi connectivity index (χ0v) is 10.8. The van der Waals surface area contributed by atoms with Gasteiger partial charge in [0.25, 0.3) is 5.91 Å². The second-order valence-corrected chi connectivity index (χ2v) is 4.33. The summed E-state index contributed by atoms with van der Waals surface area (Å²) in [7, 11) is 0. The summed E-state index contributed by atoms with van der Waals surface area (Å²) in [5.41, 5.74) is 2.19. The summed E-state index contributed by atoms with van der Waals surface area (Å²) < 4.78 is 0. The first kappa shape index (κ1) is 13.1. The minimum Gasteiger partial charge on any atom is -0.508 e. The molecule has 98 valence electrons. The number of benzene rings is 1. The van der Waals surface area contributed by atoms with Crippen LogP contribution in [0.2, 0.25) is 0 Å². The van der Waals surface area contributed by atoms with E-state index < -0.39 is 0 Å². The number of carbonyl (C=O) groups is 1. The van der Waals surface area contributed by atoms with Crippen LogP contribution in [0.3, 0.4) is 0 Å². The molecule has 2 N–H and O–H groups in total. The summed E-state index contributed by atoms with van der Waals surface area (Å²) in [6.45, 7) is 2.30. The van der Waals surface area contributed by atoms with Gasteiger partial charge in [-0.05, 0) is 42.8 Å². The third-order valence-corrected chi connectivity index (χ3v) is 2.85. The zero-order chi connectivity index (χ0) is 13.7. The summed E-state index contributed by atoms with van der Waals surface area (Å²) in [5, 5.41) is 12.2. The Morgan fingerprint density at radius 1 is 1.32 bits per heavy atom. The highest BCUT2D eigenvalue weighted by Gasteiger charge is 2.06. The molecule has 0 saturated heterocycles. The van der Waals surface area contributed by atoms with Gasteiger partial charge in [0.2, 0.25) is 0 Å². The molecule has 0 atom stereocenters. The van der Waals surface area contributed by atoms with E-state index in [0.29, 0.717) is 24.1 Å². The maximum Gasteiger partial charge on any atom is 0.251 e. The van der Waals surface area contributed by atoms with Crippen LogP contribution in [0.1, 0.15) is 21.6 Å². The van der Waals surface area contributed by atoms with Gasteiger partial charge in [-0.25, -0.2) is 0 Å². The standard InChI is InChI=1S/C15H16N2O2/c1-11-10-12(5-6-14(11)18)15(19)17-9-7-13-4-2-3-8-16-13/h2-6,8,10,18H,7,9H2,1H3,(H,17,19). The maximum atomic E-state index is 11.9. The Labute approximate surface area is 112 Å². The van der Waals surface area contributed by atoms with Gasteiger partial charge in [-0.2, -0.15) is 0 Å². The Hall–Kier alpha value is -2.36. The fourth-order valence-electron chi connectivity index (χ4n) is 1.75. The predicted molar refractivity (Wildman–Crippen MR) is 73.1 cm³/mol. The van der Waals surface area contributed by atoms with Crippen molar-refractivity contribution >= 4 is 5.91 Å². The van der Waals surface area contributed by atoms with Crippen molar-refractivity contribution in [1.82, 2.24) is 10.3 Å². The number of phenolic OH excluding ortho intramolecular Hbond substituents is 1. The summed E-state index contributed by atoms with van der Waals surface area (Å²) in [6, 6.07) is 10.5. The third kappa shape index (κ3) is 3.55. The topological polar surface area (TPSA) is 62.2 Å². The van der Waals surface area contributed by atoms with Crippen LogP contribution in [0.4, 0.5) is 0 Å². The van der Waals surface area contributed by atoms with Gasteiger partial charge in [-0.3, -0.25) is 9.78 Å². The molecule has 4 nitrogen and oxygen atoms in total. The van der Waals surface area contributed by atoms with E-state index in [4.69, 9.17) is 0 Å². The van der Waals surface area contributed by atoms with Crippen molar-refractivity contribution in [2.45, 2.75) is 13.3 Å². The minimum absolute atomic E-state index is 0.140. The first-order valence-electron chi connectivity index (χ1n) is 6.14. The first-order valence-corrected chi connectivity index (χ1v) is 6.14. The number of hydrogen-bond acceptors (Lipinski definition) is 3. The molecule has 2 aromatic rings. The molecule has 0 saturated carbocycles. The number of hydrogen-bond donors (Lipinski definition) is 2. The highest BCUT2D eigenvalue weighted by Crippen LogP contribution is 2.16. The summed E-state index contributed by atoms with van der Waals surface area (Å²) >= 11 is 0. The number of amides is 1. The SMILES string of the molecule is Cc1cc(C(=O)NCCc2ccccn2)ccc1O. The second-order valence-electron chi connectivity index (χ2n) is 4.33. The van der Waals surface area contributed by atoms with Crippen LogP contribution in [0, 0.1) is 6.92 Å². The van der Waals surface area contributed by atoms with E-state index in [1.54, 1.807) is 25.3 Å². The van der Waals surface area contributed by atoms with Crippen LogP contribution in [0.5, 0.6) is 5.75 Å². The van der Waals surface area contributed by atoms with E-state index >= 15 is 0 Å². The molecule has 0 unspecified atom stereocenters. The predicted octanol–water partition coefficient (Wildman–Crippen LogP) is 2.07. The number of pyridine rings is 1. The molecule has 0 bridgehead atoms. The lowest BCUT2D eigenvalue weighted by molar-refractivity contribution is 0.0954. The average molecular weight is 256 g/mol. The van der Waals surface area contributed by atoms with Crippen LogP contribution in [-0.2, 0) is 6.42 Å². The highest BCUT2D eigenvalue weighted by atomic mass is 16.3. The van der Waals surface area contributed by atoms with Gasteiger partial charge in [0.1, 0.15) is 5.75 Å². The lowest BCUT2D eigenvalue weighted by Gasteiger charge is -2.06. The van der Waals surface area contributed by atoms with E-state index in [9.17, 15) is 9.90 Å². The van der Waals surface area contributed by atoms with E-state index in [1.165, 1.54) is 6.07 Å². The van der Waals surface area contributed by atoms with Crippen LogP contribution >= 0.6 is 0 Å². The smallest absolute Gasteiger partial charge is 0.251 e. The third-order valence-electron chi connectivity index (χ3n) is 2.85. The fraction of sp³-hybridized carbons (Fsp3) is 0.200. The largest absolute Gasteiger partial charge is 0.508 e. The van der Waals surface area contributed by atoms with Crippen molar-refractivity contribution < 1.29 is 9.90 Å². The van der Waals surface area contributed by atoms with E-state index in [0.717, 1.165) is 5.69 Å². The Bertz CT molecular complexity index is 568. The molecule has 4 heteroatoms. The van der Waals surface area contributed by atoms with Crippen molar-refractivity contribution in [2.75, 3.05) is 6.54 Å². The highest BCUT2D eigenvalue weighted by molar-refractivity contribution is 5.94. The molecule has 1 amide bonds. The number of aromatic hydroxyl groups is 1. The van der Waals surface area contributed by atoms with Crippen molar-refractivity contribution in [3.63, 3.8) is 0 Å². The van der Waals surface area contributed by atoms with Gasteiger partial charge in [0.05, 0.1) is 0 Å². The van der Waals surface area contributed by atoms with Gasteiger partial charge in [0, 0.05) is 30.4 Å². The molecule has 0 aliphatic carbocycles. The minimum atomic E-state index is -0.140. The Morgan fingerprint density at radius 2 is 2.16 bits per heavy atom. The Morgan fingerprint density at radius 3 is 2.84 bits per heavy atom. The number of phenols is 1. The summed E-state index contributed by atoms with van der Waals surface area (Å²) in [4.78, 5) is 16.1. The average Bonchev–Trinajstić information content (AvgIpc) is 2.43. The van der Waals surface area contributed by atoms with Crippen LogP contribution in [0.15, 0.2) is 42.6 Å². The first-order chi connectivity index (χ1) is 9.16. The molecule has 1 aromatic heterocycles. The lowest BCUT2D eigenvalue weighted by Crippen LogP contribution is -2.25.